The van der Waals surface area contributed by atoms with Crippen LogP contribution in [0.25, 0.3) is 16.7 Å². The number of hydrogen-bond donors (Lipinski definition) is 0. The summed E-state index contributed by atoms with van der Waals surface area (Å²) in [6.07, 6.45) is 1.90. The zero-order valence-corrected chi connectivity index (χ0v) is 9.61. The van der Waals surface area contributed by atoms with Crippen molar-refractivity contribution >= 4 is 10.9 Å². The van der Waals surface area contributed by atoms with Gasteiger partial charge in [-0.25, -0.2) is 4.39 Å². The van der Waals surface area contributed by atoms with Crippen LogP contribution in [0.15, 0.2) is 30.5 Å². The minimum atomic E-state index is -0.222. The van der Waals surface area contributed by atoms with Crippen molar-refractivity contribution in [3.05, 3.63) is 48.0 Å². The molecule has 0 bridgehead atoms. The van der Waals surface area contributed by atoms with Crippen molar-refractivity contribution in [1.29, 1.82) is 0 Å². The largest absolute Gasteiger partial charge is 0.301 e. The van der Waals surface area contributed by atoms with Crippen molar-refractivity contribution in [3.8, 4) is 5.82 Å². The van der Waals surface area contributed by atoms with Gasteiger partial charge in [-0.2, -0.15) is 5.10 Å². The Hall–Kier alpha value is -2.10. The first-order chi connectivity index (χ1) is 8.15. The minimum Gasteiger partial charge on any atom is -0.301 e. The van der Waals surface area contributed by atoms with E-state index in [1.54, 1.807) is 10.7 Å². The summed E-state index contributed by atoms with van der Waals surface area (Å²) in [5, 5.41) is 5.13. The van der Waals surface area contributed by atoms with Crippen molar-refractivity contribution in [3.63, 3.8) is 0 Å². The fraction of sp³-hybridized carbons (Fsp3) is 0.154. The van der Waals surface area contributed by atoms with E-state index in [0.29, 0.717) is 0 Å². The van der Waals surface area contributed by atoms with Gasteiger partial charge in [0.25, 0.3) is 0 Å². The van der Waals surface area contributed by atoms with Gasteiger partial charge in [0.05, 0.1) is 17.3 Å². The number of aryl methyl sites for hydroxylation is 2. The molecule has 1 radical (unpaired) electrons. The average Bonchev–Trinajstić information content (AvgIpc) is 2.81. The molecule has 0 unspecified atom stereocenters. The van der Waals surface area contributed by atoms with Crippen molar-refractivity contribution in [2.45, 2.75) is 6.92 Å². The minimum absolute atomic E-state index is 0.222. The van der Waals surface area contributed by atoms with E-state index in [1.807, 2.05) is 30.8 Å². The highest BCUT2D eigenvalue weighted by atomic mass is 19.1. The summed E-state index contributed by atoms with van der Waals surface area (Å²) in [6.45, 7) is 1.90. The van der Waals surface area contributed by atoms with Crippen molar-refractivity contribution in [1.82, 2.24) is 14.3 Å². The molecule has 3 rings (SSSR count). The smallest absolute Gasteiger partial charge is 0.143 e. The Bertz CT molecular complexity index is 694. The van der Waals surface area contributed by atoms with Crippen molar-refractivity contribution in [2.75, 3.05) is 0 Å². The van der Waals surface area contributed by atoms with Gasteiger partial charge in [-0.1, -0.05) is 0 Å². The van der Waals surface area contributed by atoms with Gasteiger partial charge in [0.1, 0.15) is 11.6 Å². The monoisotopic (exact) mass is 228 g/mol. The number of halogens is 1. The molecule has 0 N–H and O–H groups in total. The van der Waals surface area contributed by atoms with Crippen LogP contribution in [0.5, 0.6) is 0 Å². The summed E-state index contributed by atoms with van der Waals surface area (Å²) >= 11 is 0. The van der Waals surface area contributed by atoms with Crippen LogP contribution in [-0.4, -0.2) is 14.3 Å². The van der Waals surface area contributed by atoms with E-state index in [1.165, 1.54) is 12.1 Å². The standard InChI is InChI=1S/C13H11FN3/c1-9-7-13(16(2)15-9)17-6-5-10-8-11(14)3-4-12(10)17/h3-6,8H,1-2H3. The highest BCUT2D eigenvalue weighted by Gasteiger charge is 2.08. The second-order valence-electron chi connectivity index (χ2n) is 4.05. The molecular formula is C13H11FN3. The normalized spacial score (nSPS) is 11.2. The Morgan fingerprint density at radius 2 is 2.12 bits per heavy atom. The zero-order chi connectivity index (χ0) is 12.0. The van der Waals surface area contributed by atoms with Crippen LogP contribution in [-0.2, 0) is 7.05 Å². The molecule has 4 heteroatoms. The van der Waals surface area contributed by atoms with Crippen LogP contribution < -0.4 is 0 Å². The Kier molecular flexibility index (Phi) is 2.04. The third-order valence-electron chi connectivity index (χ3n) is 2.78. The lowest BCUT2D eigenvalue weighted by Gasteiger charge is -2.04. The molecule has 0 aliphatic heterocycles. The summed E-state index contributed by atoms with van der Waals surface area (Å²) in [5.74, 6) is 0.629. The highest BCUT2D eigenvalue weighted by Crippen LogP contribution is 2.21. The summed E-state index contributed by atoms with van der Waals surface area (Å²) in [5.41, 5.74) is 1.79. The van der Waals surface area contributed by atoms with Gasteiger partial charge in [0, 0.05) is 18.6 Å². The molecule has 0 aliphatic carbocycles. The van der Waals surface area contributed by atoms with Gasteiger partial charge in [-0.05, 0) is 31.2 Å². The fourth-order valence-corrected chi connectivity index (χ4v) is 2.05. The molecule has 2 heterocycles. The maximum absolute atomic E-state index is 13.1. The van der Waals surface area contributed by atoms with E-state index in [4.69, 9.17) is 0 Å². The Morgan fingerprint density at radius 3 is 2.82 bits per heavy atom. The van der Waals surface area contributed by atoms with Gasteiger partial charge in [0.15, 0.2) is 0 Å². The van der Waals surface area contributed by atoms with Gasteiger partial charge in [0.2, 0.25) is 0 Å². The molecule has 0 amide bonds. The van der Waals surface area contributed by atoms with E-state index >= 15 is 0 Å². The quantitative estimate of drug-likeness (QED) is 0.627. The molecule has 0 saturated carbocycles. The van der Waals surface area contributed by atoms with Crippen LogP contribution in [0.1, 0.15) is 5.69 Å². The van der Waals surface area contributed by atoms with Crippen molar-refractivity contribution < 1.29 is 4.39 Å². The molecular weight excluding hydrogens is 217 g/mol. The average molecular weight is 228 g/mol. The first-order valence-electron chi connectivity index (χ1n) is 5.35. The first kappa shape index (κ1) is 10.1. The van der Waals surface area contributed by atoms with E-state index < -0.39 is 0 Å². The molecule has 3 aromatic rings. The predicted molar refractivity (Wildman–Crippen MR) is 63.6 cm³/mol. The molecule has 0 aliphatic rings. The third-order valence-corrected chi connectivity index (χ3v) is 2.78. The lowest BCUT2D eigenvalue weighted by molar-refractivity contribution is 0.629. The Labute approximate surface area is 98.1 Å². The molecule has 85 valence electrons. The summed E-state index contributed by atoms with van der Waals surface area (Å²) < 4.78 is 16.8. The molecule has 1 aromatic carbocycles. The SMILES string of the molecule is Cc1[c]c(-n2ccc3cc(F)ccc32)n(C)n1. The topological polar surface area (TPSA) is 22.8 Å². The number of hydrogen-bond acceptors (Lipinski definition) is 1. The van der Waals surface area contributed by atoms with Gasteiger partial charge in [-0.3, -0.25) is 4.68 Å². The maximum Gasteiger partial charge on any atom is 0.143 e. The van der Waals surface area contributed by atoms with Gasteiger partial charge < -0.3 is 4.57 Å². The van der Waals surface area contributed by atoms with Crippen LogP contribution in [0.3, 0.4) is 0 Å². The number of benzene rings is 1. The number of fused-ring (bicyclic) bond motifs is 1. The fourth-order valence-electron chi connectivity index (χ4n) is 2.05. The summed E-state index contributed by atoms with van der Waals surface area (Å²) in [6, 6.07) is 9.81. The van der Waals surface area contributed by atoms with Gasteiger partial charge >= 0.3 is 0 Å². The molecule has 0 fully saturated rings. The summed E-state index contributed by atoms with van der Waals surface area (Å²) in [4.78, 5) is 0. The van der Waals surface area contributed by atoms with Crippen LogP contribution in [0, 0.1) is 18.8 Å². The summed E-state index contributed by atoms with van der Waals surface area (Å²) in [7, 11) is 1.87. The van der Waals surface area contributed by atoms with E-state index in [2.05, 4.69) is 11.2 Å². The zero-order valence-electron chi connectivity index (χ0n) is 9.61. The second-order valence-corrected chi connectivity index (χ2v) is 4.05. The lowest BCUT2D eigenvalue weighted by Crippen LogP contribution is -2.01. The Morgan fingerprint density at radius 1 is 1.29 bits per heavy atom. The first-order valence-corrected chi connectivity index (χ1v) is 5.35. The highest BCUT2D eigenvalue weighted by molar-refractivity contribution is 5.81. The molecule has 0 saturated heterocycles. The number of nitrogens with zero attached hydrogens (tertiary/aromatic N) is 3. The van der Waals surface area contributed by atoms with E-state index in [0.717, 1.165) is 22.4 Å². The van der Waals surface area contributed by atoms with Crippen LogP contribution >= 0.6 is 0 Å². The molecule has 3 nitrogen and oxygen atoms in total. The van der Waals surface area contributed by atoms with Crippen LogP contribution in [0.4, 0.5) is 4.39 Å². The van der Waals surface area contributed by atoms with Crippen molar-refractivity contribution in [2.24, 2.45) is 7.05 Å². The molecule has 17 heavy (non-hydrogen) atoms. The lowest BCUT2D eigenvalue weighted by atomic mass is 10.2. The van der Waals surface area contributed by atoms with Crippen LogP contribution in [0.2, 0.25) is 0 Å². The number of rotatable bonds is 1. The maximum atomic E-state index is 13.1. The second kappa shape index (κ2) is 3.45. The van der Waals surface area contributed by atoms with Gasteiger partial charge in [-0.15, -0.1) is 0 Å². The molecule has 0 spiro atoms. The van der Waals surface area contributed by atoms with E-state index in [9.17, 15) is 4.39 Å². The predicted octanol–water partition coefficient (Wildman–Crippen LogP) is 2.61. The van der Waals surface area contributed by atoms with E-state index in [-0.39, 0.29) is 5.82 Å². The molecule has 0 atom stereocenters. The number of aromatic nitrogens is 3. The third kappa shape index (κ3) is 1.53. The Balaban J connectivity index is 2.28. The molecule has 2 aromatic heterocycles.